The van der Waals surface area contributed by atoms with Gasteiger partial charge in [0.2, 0.25) is 0 Å². The Morgan fingerprint density at radius 1 is 1.11 bits per heavy atom. The number of thioether (sulfide) groups is 1. The summed E-state index contributed by atoms with van der Waals surface area (Å²) in [5.41, 5.74) is -2.41. The Bertz CT molecular complexity index is 475. The summed E-state index contributed by atoms with van der Waals surface area (Å²) < 4.78 is 11.2. The van der Waals surface area contributed by atoms with Gasteiger partial charge in [0.15, 0.2) is 0 Å². The predicted octanol–water partition coefficient (Wildman–Crippen LogP) is 6.10. The highest BCUT2D eigenvalue weighted by Crippen LogP contribution is 2.65. The van der Waals surface area contributed by atoms with Gasteiger partial charge in [-0.25, -0.2) is 0 Å². The Morgan fingerprint density at radius 2 is 1.58 bits per heavy atom. The van der Waals surface area contributed by atoms with E-state index in [1.807, 2.05) is 32.2 Å². The van der Waals surface area contributed by atoms with Crippen LogP contribution in [0.15, 0.2) is 21.9 Å². The molecule has 108 valence electrons. The molecule has 0 bridgehead atoms. The highest BCUT2D eigenvalue weighted by molar-refractivity contribution is 8.67. The van der Waals surface area contributed by atoms with Crippen LogP contribution in [0.4, 0.5) is 0 Å². The number of hydrogen-bond donors (Lipinski definition) is 0. The van der Waals surface area contributed by atoms with Crippen molar-refractivity contribution in [3.63, 3.8) is 0 Å². The van der Waals surface area contributed by atoms with Gasteiger partial charge in [-0.05, 0) is 55.4 Å². The van der Waals surface area contributed by atoms with E-state index in [1.165, 1.54) is 11.4 Å². The topological polar surface area (TPSA) is 18.5 Å². The molecule has 8 heteroatoms. The molecule has 1 aromatic carbocycles. The molecule has 19 heavy (non-hydrogen) atoms. The first-order valence-corrected chi connectivity index (χ1v) is 11.6. The van der Waals surface area contributed by atoms with Gasteiger partial charge in [-0.15, -0.1) is 11.8 Å². The summed E-state index contributed by atoms with van der Waals surface area (Å²) >= 11 is 20.8. The van der Waals surface area contributed by atoms with Crippen molar-refractivity contribution < 1.29 is 9.05 Å². The van der Waals surface area contributed by atoms with Gasteiger partial charge >= 0.3 is 0 Å². The maximum atomic E-state index is 6.25. The van der Waals surface area contributed by atoms with Gasteiger partial charge < -0.3 is 9.05 Å². The Labute approximate surface area is 137 Å². The third-order valence-electron chi connectivity index (χ3n) is 1.99. The van der Waals surface area contributed by atoms with Crippen LogP contribution >= 0.6 is 52.0 Å². The predicted molar refractivity (Wildman–Crippen MR) is 91.6 cm³/mol. The molecule has 0 aliphatic heterocycles. The fraction of sp³-hybridized carbons (Fsp3) is 0.455. The maximum absolute atomic E-state index is 6.25. The molecule has 1 rings (SSSR count). The molecule has 0 heterocycles. The highest BCUT2D eigenvalue weighted by atomic mass is 35.5. The normalized spacial score (nSPS) is 11.8. The van der Waals surface area contributed by atoms with Gasteiger partial charge in [0, 0.05) is 9.79 Å². The van der Waals surface area contributed by atoms with Crippen molar-refractivity contribution in [1.29, 1.82) is 0 Å². The van der Waals surface area contributed by atoms with Crippen LogP contribution in [0.3, 0.4) is 0 Å². The molecule has 0 radical (unpaired) electrons. The molecular formula is C11H15Cl2O2PS3. The Kier molecular flexibility index (Phi) is 8.10. The van der Waals surface area contributed by atoms with Gasteiger partial charge in [0.05, 0.1) is 23.3 Å². The van der Waals surface area contributed by atoms with Crippen LogP contribution in [0.25, 0.3) is 0 Å². The molecule has 0 unspecified atom stereocenters. The first-order valence-electron chi connectivity index (χ1n) is 5.57. The molecule has 0 atom stereocenters. The van der Waals surface area contributed by atoms with Crippen molar-refractivity contribution in [2.75, 3.05) is 19.5 Å². The number of rotatable bonds is 7. The average molecular weight is 377 g/mol. The Morgan fingerprint density at radius 3 is 2.05 bits per heavy atom. The summed E-state index contributed by atoms with van der Waals surface area (Å²) in [5.74, 6) is 0. The van der Waals surface area contributed by atoms with E-state index in [-0.39, 0.29) is 0 Å². The van der Waals surface area contributed by atoms with E-state index >= 15 is 0 Å². The van der Waals surface area contributed by atoms with Crippen LogP contribution in [0.5, 0.6) is 0 Å². The smallest absolute Gasteiger partial charge is 0.252 e. The van der Waals surface area contributed by atoms with Crippen molar-refractivity contribution in [3.8, 4) is 0 Å². The lowest BCUT2D eigenvalue weighted by molar-refractivity contribution is 0.280. The Balaban J connectivity index is 3.03. The summed E-state index contributed by atoms with van der Waals surface area (Å²) in [6, 6.07) is 3.66. The summed E-state index contributed by atoms with van der Waals surface area (Å²) in [4.78, 5) is 1.74. The van der Waals surface area contributed by atoms with Crippen molar-refractivity contribution in [1.82, 2.24) is 0 Å². The standard InChI is InChI=1S/C11H15Cl2O2PS3/c1-4-14-16(17,15-5-2)19-11-7-8(12)10(18-3)6-9(11)13/h6-7H,4-5H2,1-3H3. The molecule has 0 amide bonds. The van der Waals surface area contributed by atoms with Crippen LogP contribution in [0.2, 0.25) is 10.0 Å². The van der Waals surface area contributed by atoms with Crippen molar-refractivity contribution >= 4 is 63.8 Å². The molecule has 0 spiro atoms. The van der Waals surface area contributed by atoms with Crippen LogP contribution in [-0.2, 0) is 20.9 Å². The van der Waals surface area contributed by atoms with Crippen molar-refractivity contribution in [2.24, 2.45) is 0 Å². The third-order valence-corrected chi connectivity index (χ3v) is 8.72. The van der Waals surface area contributed by atoms with Gasteiger partial charge in [0.1, 0.15) is 0 Å². The molecule has 0 saturated heterocycles. The average Bonchev–Trinajstić information content (AvgIpc) is 2.33. The fourth-order valence-corrected chi connectivity index (χ4v) is 7.57. The van der Waals surface area contributed by atoms with Crippen LogP contribution in [0.1, 0.15) is 13.8 Å². The molecule has 0 saturated carbocycles. The Hall–Kier alpha value is 1.07. The minimum atomic E-state index is -2.41. The van der Waals surface area contributed by atoms with Gasteiger partial charge in [-0.2, -0.15) is 0 Å². The first kappa shape index (κ1) is 18.1. The zero-order valence-corrected chi connectivity index (χ0v) is 15.7. The van der Waals surface area contributed by atoms with Crippen molar-refractivity contribution in [3.05, 3.63) is 22.2 Å². The molecule has 2 nitrogen and oxygen atoms in total. The summed E-state index contributed by atoms with van der Waals surface area (Å²) in [5, 5.41) is 1.28. The van der Waals surface area contributed by atoms with E-state index in [0.29, 0.717) is 23.3 Å². The van der Waals surface area contributed by atoms with E-state index in [4.69, 9.17) is 44.1 Å². The van der Waals surface area contributed by atoms with E-state index in [1.54, 1.807) is 11.8 Å². The SMILES string of the molecule is CCOP(=S)(OCC)Sc1cc(Cl)c(SC)cc1Cl. The molecule has 0 aliphatic rings. The summed E-state index contributed by atoms with van der Waals surface area (Å²) in [7, 11) is 0. The number of benzene rings is 1. The summed E-state index contributed by atoms with van der Waals surface area (Å²) in [6.07, 6.45) is 1.95. The van der Waals surface area contributed by atoms with Gasteiger partial charge in [0.25, 0.3) is 5.69 Å². The van der Waals surface area contributed by atoms with Gasteiger partial charge in [-0.3, -0.25) is 0 Å². The largest absolute Gasteiger partial charge is 0.322 e. The quantitative estimate of drug-likeness (QED) is 0.421. The van der Waals surface area contributed by atoms with E-state index < -0.39 is 5.69 Å². The summed E-state index contributed by atoms with van der Waals surface area (Å²) in [6.45, 7) is 4.81. The van der Waals surface area contributed by atoms with Crippen LogP contribution in [-0.4, -0.2) is 19.5 Å². The van der Waals surface area contributed by atoms with Crippen LogP contribution in [0, 0.1) is 0 Å². The third kappa shape index (κ3) is 5.40. The lowest BCUT2D eigenvalue weighted by Gasteiger charge is -2.20. The number of hydrogen-bond acceptors (Lipinski definition) is 5. The molecule has 1 aromatic rings. The minimum absolute atomic E-state index is 0.512. The van der Waals surface area contributed by atoms with Gasteiger partial charge in [-0.1, -0.05) is 23.2 Å². The van der Waals surface area contributed by atoms with E-state index in [2.05, 4.69) is 0 Å². The highest BCUT2D eigenvalue weighted by Gasteiger charge is 2.22. The second-order valence-corrected chi connectivity index (χ2v) is 11.1. The molecular weight excluding hydrogens is 362 g/mol. The first-order chi connectivity index (χ1) is 8.95. The molecule has 0 fully saturated rings. The van der Waals surface area contributed by atoms with Crippen LogP contribution < -0.4 is 0 Å². The van der Waals surface area contributed by atoms with E-state index in [0.717, 1.165) is 9.79 Å². The molecule has 0 aromatic heterocycles. The zero-order valence-electron chi connectivity index (χ0n) is 10.8. The molecule has 0 aliphatic carbocycles. The lowest BCUT2D eigenvalue weighted by atomic mass is 10.4. The van der Waals surface area contributed by atoms with E-state index in [9.17, 15) is 0 Å². The minimum Gasteiger partial charge on any atom is -0.322 e. The monoisotopic (exact) mass is 376 g/mol. The fourth-order valence-electron chi connectivity index (χ4n) is 1.26. The molecule has 0 N–H and O–H groups in total. The lowest BCUT2D eigenvalue weighted by Crippen LogP contribution is -1.92. The maximum Gasteiger partial charge on any atom is 0.252 e. The van der Waals surface area contributed by atoms with Crippen molar-refractivity contribution in [2.45, 2.75) is 23.6 Å². The number of halogens is 2. The second kappa shape index (κ2) is 8.50. The zero-order chi connectivity index (χ0) is 14.5. The second-order valence-electron chi connectivity index (χ2n) is 3.29.